The van der Waals surface area contributed by atoms with Gasteiger partial charge in [0.15, 0.2) is 0 Å². The van der Waals surface area contributed by atoms with Crippen LogP contribution < -0.4 is 0 Å². The average molecular weight is 469 g/mol. The van der Waals surface area contributed by atoms with Crippen LogP contribution in [0.3, 0.4) is 0 Å². The van der Waals surface area contributed by atoms with Crippen LogP contribution in [0.1, 0.15) is 51.6 Å². The van der Waals surface area contributed by atoms with Gasteiger partial charge < -0.3 is 4.90 Å². The fourth-order valence-corrected chi connectivity index (χ4v) is 4.34. The highest BCUT2D eigenvalue weighted by Crippen LogP contribution is 2.31. The van der Waals surface area contributed by atoms with Crippen LogP contribution in [0.5, 0.6) is 0 Å². The van der Waals surface area contributed by atoms with Crippen molar-refractivity contribution < 1.29 is 15.8 Å². The van der Waals surface area contributed by atoms with E-state index in [1.54, 1.807) is 84.9 Å². The van der Waals surface area contributed by atoms with Crippen molar-refractivity contribution in [1.82, 2.24) is 9.80 Å². The first kappa shape index (κ1) is 15.3. The first-order chi connectivity index (χ1) is 20.3. The van der Waals surface area contributed by atoms with E-state index in [9.17, 15) is 4.79 Å². The topological polar surface area (TPSA) is 23.6 Å². The van der Waals surface area contributed by atoms with Gasteiger partial charge in [0.2, 0.25) is 5.91 Å². The van der Waals surface area contributed by atoms with E-state index < -0.39 is 50.3 Å². The lowest BCUT2D eigenvalue weighted by molar-refractivity contribution is -0.133. The van der Waals surface area contributed by atoms with Gasteiger partial charge in [-0.3, -0.25) is 9.69 Å². The maximum atomic E-state index is 14.1. The number of carbonyl (C=O) groups is 1. The van der Waals surface area contributed by atoms with Gasteiger partial charge in [-0.15, -0.1) is 0 Å². The van der Waals surface area contributed by atoms with Crippen molar-refractivity contribution >= 4 is 5.91 Å². The third-order valence-electron chi connectivity index (χ3n) is 6.09. The lowest BCUT2D eigenvalue weighted by atomic mass is 9.88. The fourth-order valence-electron chi connectivity index (χ4n) is 4.34. The van der Waals surface area contributed by atoms with Gasteiger partial charge in [0.25, 0.3) is 0 Å². The molecular weight excluding hydrogens is 428 g/mol. The molecule has 35 heavy (non-hydrogen) atoms. The van der Waals surface area contributed by atoms with E-state index in [4.69, 9.17) is 11.0 Å². The number of hydrogen-bond donors (Lipinski definition) is 0. The minimum Gasteiger partial charge on any atom is -0.340 e. The Morgan fingerprint density at radius 2 is 0.971 bits per heavy atom. The molecule has 0 atom stereocenters. The number of nitrogens with zero attached hydrogens (tertiary/aromatic N) is 2. The monoisotopic (exact) mass is 468 g/mol. The first-order valence-electron chi connectivity index (χ1n) is 15.6. The van der Waals surface area contributed by atoms with Crippen molar-refractivity contribution in [2.24, 2.45) is 0 Å². The Hall–Kier alpha value is -3.69. The molecule has 0 unspecified atom stereocenters. The van der Waals surface area contributed by atoms with E-state index in [1.807, 2.05) is 36.4 Å². The zero-order valence-electron chi connectivity index (χ0n) is 27.2. The van der Waals surface area contributed by atoms with Crippen molar-refractivity contribution in [3.63, 3.8) is 0 Å². The molecule has 0 radical (unpaired) electrons. The normalized spacial score (nSPS) is 23.5. The highest BCUT2D eigenvalue weighted by Gasteiger charge is 2.29. The van der Waals surface area contributed by atoms with Gasteiger partial charge in [-0.05, 0) is 22.3 Å². The van der Waals surface area contributed by atoms with Crippen molar-refractivity contribution in [2.45, 2.75) is 18.4 Å². The van der Waals surface area contributed by atoms with E-state index in [-0.39, 0.29) is 4.90 Å². The molecule has 0 spiro atoms. The lowest BCUT2D eigenvalue weighted by Crippen LogP contribution is -2.50. The van der Waals surface area contributed by atoms with E-state index >= 15 is 0 Å². The first-order valence-corrected chi connectivity index (χ1v) is 11.6. The molecular formula is C32H32N2O. The molecule has 4 aromatic carbocycles. The third kappa shape index (κ3) is 5.52. The van der Waals surface area contributed by atoms with E-state index in [2.05, 4.69) is 0 Å². The molecule has 0 N–H and O–H groups in total. The second kappa shape index (κ2) is 11.2. The van der Waals surface area contributed by atoms with Crippen molar-refractivity contribution in [3.05, 3.63) is 144 Å². The standard InChI is InChI=1S/C32H32N2O/c35-31(25-30(26-13-5-1-6-14-26)27-15-7-2-8-16-27)33-21-23-34(24-22-33)32(28-17-9-3-10-18-28)29-19-11-4-12-20-29/h1-20,30,32H,21-25H2/i21D2,22D2,23D2,24D2. The molecule has 1 fully saturated rings. The summed E-state index contributed by atoms with van der Waals surface area (Å²) in [5.74, 6) is -1.64. The Balaban J connectivity index is 1.62. The molecule has 0 aliphatic carbocycles. The van der Waals surface area contributed by atoms with Crippen molar-refractivity contribution in [2.75, 3.05) is 26.0 Å². The summed E-state index contributed by atoms with van der Waals surface area (Å²) in [4.78, 5) is 14.8. The Labute approximate surface area is 219 Å². The summed E-state index contributed by atoms with van der Waals surface area (Å²) >= 11 is 0. The number of rotatable bonds is 7. The summed E-state index contributed by atoms with van der Waals surface area (Å²) < 4.78 is 72.4. The van der Waals surface area contributed by atoms with Crippen molar-refractivity contribution in [3.8, 4) is 0 Å². The van der Waals surface area contributed by atoms with Crippen LogP contribution in [-0.2, 0) is 4.79 Å². The second-order valence-corrected chi connectivity index (χ2v) is 8.35. The lowest BCUT2D eigenvalue weighted by Gasteiger charge is -2.40. The average Bonchev–Trinajstić information content (AvgIpc) is 2.99. The van der Waals surface area contributed by atoms with Crippen LogP contribution >= 0.6 is 0 Å². The Morgan fingerprint density at radius 1 is 0.600 bits per heavy atom. The smallest absolute Gasteiger partial charge is 0.223 e. The quantitative estimate of drug-likeness (QED) is 0.325. The molecule has 3 heteroatoms. The highest BCUT2D eigenvalue weighted by atomic mass is 16.2. The molecule has 5 rings (SSSR count). The van der Waals surface area contributed by atoms with Crippen LogP contribution in [0, 0.1) is 0 Å². The van der Waals surface area contributed by atoms with Crippen molar-refractivity contribution in [1.29, 1.82) is 0 Å². The van der Waals surface area contributed by atoms with Gasteiger partial charge in [-0.2, -0.15) is 0 Å². The molecule has 0 aromatic heterocycles. The van der Waals surface area contributed by atoms with Gasteiger partial charge in [0.1, 0.15) is 0 Å². The van der Waals surface area contributed by atoms with E-state index in [0.29, 0.717) is 16.0 Å². The Bertz CT molecular complexity index is 1430. The molecule has 1 aliphatic rings. The molecule has 1 amide bonds. The Morgan fingerprint density at radius 3 is 1.37 bits per heavy atom. The number of benzene rings is 4. The van der Waals surface area contributed by atoms with Crippen LogP contribution in [0.4, 0.5) is 0 Å². The Kier molecular flexibility index (Phi) is 4.89. The molecule has 176 valence electrons. The predicted octanol–water partition coefficient (Wildman–Crippen LogP) is 6.14. The maximum Gasteiger partial charge on any atom is 0.223 e. The summed E-state index contributed by atoms with van der Waals surface area (Å²) in [6, 6.07) is 33.9. The molecule has 0 bridgehead atoms. The summed E-state index contributed by atoms with van der Waals surface area (Å²) in [5.41, 5.74) is 2.36. The second-order valence-electron chi connectivity index (χ2n) is 8.35. The number of hydrogen-bond acceptors (Lipinski definition) is 2. The predicted molar refractivity (Wildman–Crippen MR) is 142 cm³/mol. The summed E-state index contributed by atoms with van der Waals surface area (Å²) in [7, 11) is 0. The number of carbonyl (C=O) groups excluding carboxylic acids is 1. The van der Waals surface area contributed by atoms with Gasteiger partial charge >= 0.3 is 0 Å². The molecule has 1 saturated heterocycles. The molecule has 1 heterocycles. The number of piperazine rings is 1. The summed E-state index contributed by atoms with van der Waals surface area (Å²) in [6.07, 6.45) is -0.403. The fraction of sp³-hybridized carbons (Fsp3) is 0.219. The maximum absolute atomic E-state index is 14.1. The molecule has 1 aliphatic heterocycles. The minimum absolute atomic E-state index is 0.155. The number of amides is 1. The SMILES string of the molecule is [2H]C1([2H])N(C(=O)CC(c2ccccc2)c2ccccc2)C([2H])([2H])C([2H])([2H])N(C(c2ccccc2)c2ccccc2)C1([2H])[2H]. The molecule has 0 saturated carbocycles. The minimum atomic E-state index is -3.28. The molecule has 3 nitrogen and oxygen atoms in total. The highest BCUT2D eigenvalue weighted by molar-refractivity contribution is 5.78. The van der Waals surface area contributed by atoms with Gasteiger partial charge in [-0.25, -0.2) is 0 Å². The van der Waals surface area contributed by atoms with E-state index in [1.165, 1.54) is 0 Å². The van der Waals surface area contributed by atoms with Crippen LogP contribution in [0.15, 0.2) is 121 Å². The summed E-state index contributed by atoms with van der Waals surface area (Å²) in [6.45, 7) is -12.9. The third-order valence-corrected chi connectivity index (χ3v) is 6.09. The summed E-state index contributed by atoms with van der Waals surface area (Å²) in [5, 5.41) is 0. The van der Waals surface area contributed by atoms with Crippen LogP contribution in [0.25, 0.3) is 0 Å². The van der Waals surface area contributed by atoms with Crippen LogP contribution in [-0.4, -0.2) is 41.7 Å². The van der Waals surface area contributed by atoms with Gasteiger partial charge in [-0.1, -0.05) is 121 Å². The van der Waals surface area contributed by atoms with Crippen LogP contribution in [0.2, 0.25) is 0 Å². The molecule has 4 aromatic rings. The van der Waals surface area contributed by atoms with Gasteiger partial charge in [0.05, 0.1) is 11.5 Å². The zero-order valence-corrected chi connectivity index (χ0v) is 19.2. The van der Waals surface area contributed by atoms with Gasteiger partial charge in [0, 0.05) is 43.8 Å². The largest absolute Gasteiger partial charge is 0.340 e. The zero-order chi connectivity index (χ0) is 31.0. The van der Waals surface area contributed by atoms with E-state index in [0.717, 1.165) is 11.1 Å².